The van der Waals surface area contributed by atoms with Crippen LogP contribution in [0.3, 0.4) is 0 Å². The van der Waals surface area contributed by atoms with Gasteiger partial charge in [0.15, 0.2) is 0 Å². The Morgan fingerprint density at radius 3 is 2.71 bits per heavy atom. The normalized spacial score (nSPS) is 10.7. The lowest BCUT2D eigenvalue weighted by atomic mass is 10.2. The standard InChI is InChI=1S/C15H17N5O/c21-9-8-19-12-13(11-18-19)10-16-14-2-4-15(5-3-14)20-7-1-6-17-20/h1-7,11-12,16,21H,8-10H2. The second-order valence-electron chi connectivity index (χ2n) is 4.69. The van der Waals surface area contributed by atoms with Gasteiger partial charge in [-0.3, -0.25) is 4.68 Å². The summed E-state index contributed by atoms with van der Waals surface area (Å²) in [7, 11) is 0. The Morgan fingerprint density at radius 2 is 2.00 bits per heavy atom. The van der Waals surface area contributed by atoms with E-state index >= 15 is 0 Å². The van der Waals surface area contributed by atoms with Gasteiger partial charge in [0, 0.05) is 36.4 Å². The maximum absolute atomic E-state index is 8.86. The monoisotopic (exact) mass is 283 g/mol. The fraction of sp³-hybridized carbons (Fsp3) is 0.200. The average molecular weight is 283 g/mol. The molecule has 21 heavy (non-hydrogen) atoms. The minimum absolute atomic E-state index is 0.101. The number of hydrogen-bond acceptors (Lipinski definition) is 4. The lowest BCUT2D eigenvalue weighted by molar-refractivity contribution is 0.269. The molecular weight excluding hydrogens is 266 g/mol. The molecule has 3 aromatic rings. The van der Waals surface area contributed by atoms with Gasteiger partial charge in [-0.2, -0.15) is 10.2 Å². The van der Waals surface area contributed by atoms with Crippen molar-refractivity contribution in [3.05, 3.63) is 60.7 Å². The van der Waals surface area contributed by atoms with Crippen LogP contribution in [-0.4, -0.2) is 31.3 Å². The first-order chi connectivity index (χ1) is 10.3. The van der Waals surface area contributed by atoms with E-state index in [1.165, 1.54) is 0 Å². The zero-order valence-corrected chi connectivity index (χ0v) is 11.6. The molecule has 108 valence electrons. The maximum atomic E-state index is 8.86. The van der Waals surface area contributed by atoms with Gasteiger partial charge in [-0.15, -0.1) is 0 Å². The van der Waals surface area contributed by atoms with E-state index < -0.39 is 0 Å². The van der Waals surface area contributed by atoms with E-state index in [-0.39, 0.29) is 6.61 Å². The van der Waals surface area contributed by atoms with Crippen LogP contribution >= 0.6 is 0 Å². The summed E-state index contributed by atoms with van der Waals surface area (Å²) in [6.07, 6.45) is 7.41. The SMILES string of the molecule is OCCn1cc(CNc2ccc(-n3cccn3)cc2)cn1. The highest BCUT2D eigenvalue weighted by Crippen LogP contribution is 2.13. The number of nitrogens with one attached hydrogen (secondary N) is 1. The summed E-state index contributed by atoms with van der Waals surface area (Å²) in [5.41, 5.74) is 3.15. The Hall–Kier alpha value is -2.60. The van der Waals surface area contributed by atoms with Gasteiger partial charge in [0.25, 0.3) is 0 Å². The smallest absolute Gasteiger partial charge is 0.0647 e. The molecule has 0 atom stereocenters. The highest BCUT2D eigenvalue weighted by molar-refractivity contribution is 5.48. The summed E-state index contributed by atoms with van der Waals surface area (Å²) in [5, 5.41) is 20.6. The molecule has 0 radical (unpaired) electrons. The zero-order valence-electron chi connectivity index (χ0n) is 11.6. The van der Waals surface area contributed by atoms with E-state index in [0.29, 0.717) is 13.1 Å². The lowest BCUT2D eigenvalue weighted by Crippen LogP contribution is -2.02. The van der Waals surface area contributed by atoms with Crippen molar-refractivity contribution in [1.29, 1.82) is 0 Å². The molecule has 2 aromatic heterocycles. The predicted molar refractivity (Wildman–Crippen MR) is 80.2 cm³/mol. The van der Waals surface area contributed by atoms with Gasteiger partial charge in [-0.25, -0.2) is 4.68 Å². The van der Waals surface area contributed by atoms with Gasteiger partial charge >= 0.3 is 0 Å². The molecule has 6 heteroatoms. The van der Waals surface area contributed by atoms with E-state index in [2.05, 4.69) is 15.5 Å². The van der Waals surface area contributed by atoms with Crippen LogP contribution in [0, 0.1) is 0 Å². The number of aromatic nitrogens is 4. The molecule has 1 aromatic carbocycles. The van der Waals surface area contributed by atoms with Gasteiger partial charge in [0.1, 0.15) is 0 Å². The van der Waals surface area contributed by atoms with Gasteiger partial charge < -0.3 is 10.4 Å². The van der Waals surface area contributed by atoms with Crippen LogP contribution in [0.1, 0.15) is 5.56 Å². The van der Waals surface area contributed by atoms with Crippen LogP contribution < -0.4 is 5.32 Å². The van der Waals surface area contributed by atoms with E-state index in [1.807, 2.05) is 47.4 Å². The first-order valence-corrected chi connectivity index (χ1v) is 6.81. The largest absolute Gasteiger partial charge is 0.394 e. The molecule has 0 saturated carbocycles. The number of nitrogens with zero attached hydrogens (tertiary/aromatic N) is 4. The van der Waals surface area contributed by atoms with Gasteiger partial charge in [-0.1, -0.05) is 0 Å². The number of aliphatic hydroxyl groups excluding tert-OH is 1. The van der Waals surface area contributed by atoms with Crippen molar-refractivity contribution < 1.29 is 5.11 Å². The summed E-state index contributed by atoms with van der Waals surface area (Å²) < 4.78 is 3.56. The third kappa shape index (κ3) is 3.29. The molecule has 2 N–H and O–H groups in total. The quantitative estimate of drug-likeness (QED) is 0.722. The molecule has 0 aliphatic rings. The molecule has 0 aliphatic heterocycles. The molecule has 0 saturated heterocycles. The maximum Gasteiger partial charge on any atom is 0.0647 e. The van der Waals surface area contributed by atoms with Crippen molar-refractivity contribution in [2.75, 3.05) is 11.9 Å². The molecular formula is C15H17N5O. The third-order valence-electron chi connectivity index (χ3n) is 3.15. The van der Waals surface area contributed by atoms with Crippen molar-refractivity contribution in [3.8, 4) is 5.69 Å². The Balaban J connectivity index is 1.60. The van der Waals surface area contributed by atoms with Crippen LogP contribution in [0.2, 0.25) is 0 Å². The van der Waals surface area contributed by atoms with E-state index in [0.717, 1.165) is 16.9 Å². The minimum atomic E-state index is 0.101. The molecule has 2 heterocycles. The molecule has 0 aliphatic carbocycles. The topological polar surface area (TPSA) is 67.9 Å². The summed E-state index contributed by atoms with van der Waals surface area (Å²) in [4.78, 5) is 0. The Bertz CT molecular complexity index is 672. The van der Waals surface area contributed by atoms with Gasteiger partial charge in [0.05, 0.1) is 25.0 Å². The number of hydrogen-bond donors (Lipinski definition) is 2. The molecule has 3 rings (SSSR count). The molecule has 0 fully saturated rings. The van der Waals surface area contributed by atoms with Crippen molar-refractivity contribution in [2.24, 2.45) is 0 Å². The first-order valence-electron chi connectivity index (χ1n) is 6.81. The van der Waals surface area contributed by atoms with E-state index in [9.17, 15) is 0 Å². The fourth-order valence-electron chi connectivity index (χ4n) is 2.08. The summed E-state index contributed by atoms with van der Waals surface area (Å²) in [6.45, 7) is 1.33. The van der Waals surface area contributed by atoms with Crippen molar-refractivity contribution >= 4 is 5.69 Å². The highest BCUT2D eigenvalue weighted by atomic mass is 16.3. The molecule has 6 nitrogen and oxygen atoms in total. The number of benzene rings is 1. The van der Waals surface area contributed by atoms with Crippen LogP contribution in [-0.2, 0) is 13.1 Å². The fourth-order valence-corrected chi connectivity index (χ4v) is 2.08. The molecule has 0 amide bonds. The van der Waals surface area contributed by atoms with Crippen LogP contribution in [0.5, 0.6) is 0 Å². The Morgan fingerprint density at radius 1 is 1.14 bits per heavy atom. The van der Waals surface area contributed by atoms with Crippen LogP contribution in [0.15, 0.2) is 55.1 Å². The molecule has 0 unspecified atom stereocenters. The second-order valence-corrected chi connectivity index (χ2v) is 4.69. The first kappa shape index (κ1) is 13.4. The van der Waals surface area contributed by atoms with Crippen molar-refractivity contribution in [2.45, 2.75) is 13.1 Å². The Kier molecular flexibility index (Phi) is 3.97. The summed E-state index contributed by atoms with van der Waals surface area (Å²) in [5.74, 6) is 0. The van der Waals surface area contributed by atoms with Crippen molar-refractivity contribution in [1.82, 2.24) is 19.6 Å². The van der Waals surface area contributed by atoms with E-state index in [4.69, 9.17) is 5.11 Å². The lowest BCUT2D eigenvalue weighted by Gasteiger charge is -2.06. The summed E-state index contributed by atoms with van der Waals surface area (Å²) >= 11 is 0. The zero-order chi connectivity index (χ0) is 14.5. The molecule has 0 bridgehead atoms. The van der Waals surface area contributed by atoms with Gasteiger partial charge in [-0.05, 0) is 30.3 Å². The number of rotatable bonds is 6. The van der Waals surface area contributed by atoms with Crippen LogP contribution in [0.4, 0.5) is 5.69 Å². The molecule has 0 spiro atoms. The predicted octanol–water partition coefficient (Wildman–Crippen LogP) is 1.67. The minimum Gasteiger partial charge on any atom is -0.394 e. The van der Waals surface area contributed by atoms with Crippen LogP contribution in [0.25, 0.3) is 5.69 Å². The van der Waals surface area contributed by atoms with E-state index in [1.54, 1.807) is 17.1 Å². The number of aliphatic hydroxyl groups is 1. The second kappa shape index (κ2) is 6.23. The average Bonchev–Trinajstić information content (AvgIpc) is 3.18. The third-order valence-corrected chi connectivity index (χ3v) is 3.15. The van der Waals surface area contributed by atoms with Gasteiger partial charge in [0.2, 0.25) is 0 Å². The summed E-state index contributed by atoms with van der Waals surface area (Å²) in [6, 6.07) is 9.98. The number of anilines is 1. The Labute approximate surface area is 122 Å². The van der Waals surface area contributed by atoms with Crippen molar-refractivity contribution in [3.63, 3.8) is 0 Å². The highest BCUT2D eigenvalue weighted by Gasteiger charge is 2.00.